The van der Waals surface area contributed by atoms with Crippen molar-refractivity contribution in [2.75, 3.05) is 6.61 Å². The van der Waals surface area contributed by atoms with Crippen LogP contribution in [0.4, 0.5) is 4.79 Å². The lowest BCUT2D eigenvalue weighted by molar-refractivity contribution is -0.138. The van der Waals surface area contributed by atoms with Gasteiger partial charge in [0.05, 0.1) is 12.0 Å². The van der Waals surface area contributed by atoms with E-state index in [0.717, 1.165) is 19.3 Å². The molecule has 3 atom stereocenters. The second-order valence-electron chi connectivity index (χ2n) is 8.32. The summed E-state index contributed by atoms with van der Waals surface area (Å²) in [5.74, 6) is -0.0189. The number of carbonyl (C=O) groups is 2. The summed E-state index contributed by atoms with van der Waals surface area (Å²) in [6.07, 6.45) is 2.19. The highest BCUT2D eigenvalue weighted by Crippen LogP contribution is 2.58. The van der Waals surface area contributed by atoms with E-state index in [-0.39, 0.29) is 24.9 Å². The second kappa shape index (κ2) is 6.36. The van der Waals surface area contributed by atoms with Crippen molar-refractivity contribution in [1.82, 2.24) is 5.32 Å². The molecule has 5 nitrogen and oxygen atoms in total. The Balaban J connectivity index is 1.31. The van der Waals surface area contributed by atoms with E-state index in [1.54, 1.807) is 0 Å². The van der Waals surface area contributed by atoms with E-state index in [2.05, 4.69) is 29.6 Å². The van der Waals surface area contributed by atoms with E-state index >= 15 is 0 Å². The smallest absolute Gasteiger partial charge is 0.407 e. The minimum absolute atomic E-state index is 0.00539. The zero-order valence-corrected chi connectivity index (χ0v) is 15.6. The number of hydrogen-bond donors (Lipinski definition) is 2. The number of carboxylic acid groups (broad SMARTS) is 1. The molecule has 0 aromatic heterocycles. The third-order valence-corrected chi connectivity index (χ3v) is 6.75. The van der Waals surface area contributed by atoms with Gasteiger partial charge in [-0.2, -0.15) is 0 Å². The molecule has 2 aromatic carbocycles. The molecule has 0 radical (unpaired) electrons. The fourth-order valence-corrected chi connectivity index (χ4v) is 5.40. The maximum atomic E-state index is 12.6. The Kier molecular flexibility index (Phi) is 3.93. The third kappa shape index (κ3) is 2.77. The van der Waals surface area contributed by atoms with E-state index in [1.165, 1.54) is 22.3 Å². The molecule has 0 aliphatic heterocycles. The van der Waals surface area contributed by atoms with Gasteiger partial charge in [0.25, 0.3) is 0 Å². The van der Waals surface area contributed by atoms with E-state index in [1.807, 2.05) is 24.3 Å². The minimum atomic E-state index is -0.869. The molecular formula is C23H23NO4. The molecule has 3 unspecified atom stereocenters. The highest BCUT2D eigenvalue weighted by molar-refractivity contribution is 5.79. The summed E-state index contributed by atoms with van der Waals surface area (Å²) in [5, 5.41) is 12.3. The van der Waals surface area contributed by atoms with Crippen LogP contribution in [0.25, 0.3) is 11.1 Å². The Morgan fingerprint density at radius 3 is 2.25 bits per heavy atom. The van der Waals surface area contributed by atoms with Crippen molar-refractivity contribution in [2.24, 2.45) is 11.8 Å². The molecule has 0 heterocycles. The molecular weight excluding hydrogens is 354 g/mol. The molecule has 0 saturated heterocycles. The van der Waals surface area contributed by atoms with Gasteiger partial charge < -0.3 is 15.2 Å². The molecule has 0 spiro atoms. The Hall–Kier alpha value is -2.82. The average Bonchev–Trinajstić information content (AvgIpc) is 3.31. The number of rotatable bonds is 5. The topological polar surface area (TPSA) is 75.6 Å². The number of aliphatic carboxylic acids is 1. The number of hydrogen-bond acceptors (Lipinski definition) is 3. The van der Waals surface area contributed by atoms with Crippen molar-refractivity contribution in [3.63, 3.8) is 0 Å². The Bertz CT molecular complexity index is 910. The summed E-state index contributed by atoms with van der Waals surface area (Å²) in [7, 11) is 0. The van der Waals surface area contributed by atoms with Crippen molar-refractivity contribution >= 4 is 12.1 Å². The molecule has 144 valence electrons. The van der Waals surface area contributed by atoms with Crippen LogP contribution in [0.5, 0.6) is 0 Å². The van der Waals surface area contributed by atoms with Crippen molar-refractivity contribution in [1.29, 1.82) is 0 Å². The molecule has 2 saturated carbocycles. The molecule has 0 bridgehead atoms. The first-order chi connectivity index (χ1) is 13.6. The van der Waals surface area contributed by atoms with Crippen LogP contribution < -0.4 is 5.32 Å². The molecule has 2 aromatic rings. The summed E-state index contributed by atoms with van der Waals surface area (Å²) < 4.78 is 5.63. The van der Waals surface area contributed by atoms with Crippen LogP contribution in [0.15, 0.2) is 48.5 Å². The molecule has 3 aliphatic carbocycles. The fourth-order valence-electron chi connectivity index (χ4n) is 5.40. The van der Waals surface area contributed by atoms with Gasteiger partial charge >= 0.3 is 12.1 Å². The SMILES string of the molecule is O=C(O)CC1(NC(=O)OCC2c3ccccc3-c3ccccc32)CCC2CC21. The zero-order chi connectivity index (χ0) is 19.3. The van der Waals surface area contributed by atoms with Gasteiger partial charge in [0, 0.05) is 5.92 Å². The predicted octanol–water partition coefficient (Wildman–Crippen LogP) is 4.17. The van der Waals surface area contributed by atoms with Crippen molar-refractivity contribution < 1.29 is 19.4 Å². The lowest BCUT2D eigenvalue weighted by atomic mass is 9.89. The molecule has 28 heavy (non-hydrogen) atoms. The maximum Gasteiger partial charge on any atom is 0.407 e. The van der Waals surface area contributed by atoms with Gasteiger partial charge in [0.2, 0.25) is 0 Å². The lowest BCUT2D eigenvalue weighted by Gasteiger charge is -2.30. The van der Waals surface area contributed by atoms with E-state index in [4.69, 9.17) is 4.74 Å². The maximum absolute atomic E-state index is 12.6. The molecule has 2 fully saturated rings. The minimum Gasteiger partial charge on any atom is -0.481 e. The number of benzene rings is 2. The summed E-state index contributed by atoms with van der Waals surface area (Å²) in [5.41, 5.74) is 4.07. The van der Waals surface area contributed by atoms with E-state index in [0.29, 0.717) is 5.92 Å². The van der Waals surface area contributed by atoms with Crippen LogP contribution in [0, 0.1) is 11.8 Å². The van der Waals surface area contributed by atoms with Crippen molar-refractivity contribution in [2.45, 2.75) is 37.1 Å². The standard InChI is InChI=1S/C23H23NO4/c25-21(26)12-23(10-9-14-11-20(14)23)24-22(27)28-13-19-17-7-3-1-5-15(17)16-6-2-4-8-18(16)19/h1-8,14,19-20H,9-13H2,(H,24,27)(H,25,26). The highest BCUT2D eigenvalue weighted by atomic mass is 16.5. The van der Waals surface area contributed by atoms with Gasteiger partial charge in [-0.15, -0.1) is 0 Å². The molecule has 1 amide bonds. The summed E-state index contributed by atoms with van der Waals surface area (Å²) in [6.45, 7) is 0.247. The summed E-state index contributed by atoms with van der Waals surface area (Å²) in [4.78, 5) is 24.0. The number of alkyl carbamates (subject to hydrolysis) is 1. The lowest BCUT2D eigenvalue weighted by Crippen LogP contribution is -2.50. The number of carbonyl (C=O) groups excluding carboxylic acids is 1. The first-order valence-electron chi connectivity index (χ1n) is 9.92. The van der Waals surface area contributed by atoms with Crippen LogP contribution >= 0.6 is 0 Å². The molecule has 3 aliphatic rings. The van der Waals surface area contributed by atoms with Gasteiger partial charge in [-0.3, -0.25) is 4.79 Å². The fraction of sp³-hybridized carbons (Fsp3) is 0.391. The predicted molar refractivity (Wildman–Crippen MR) is 104 cm³/mol. The number of ether oxygens (including phenoxy) is 1. The Morgan fingerprint density at radius 1 is 1.07 bits per heavy atom. The Labute approximate surface area is 163 Å². The third-order valence-electron chi connectivity index (χ3n) is 6.75. The van der Waals surface area contributed by atoms with Crippen molar-refractivity contribution in [3.8, 4) is 11.1 Å². The molecule has 2 N–H and O–H groups in total. The van der Waals surface area contributed by atoms with E-state index in [9.17, 15) is 14.7 Å². The van der Waals surface area contributed by atoms with Crippen LogP contribution in [0.1, 0.15) is 42.7 Å². The van der Waals surface area contributed by atoms with Gasteiger partial charge in [0.1, 0.15) is 6.61 Å². The number of carboxylic acids is 1. The monoisotopic (exact) mass is 377 g/mol. The van der Waals surface area contributed by atoms with Gasteiger partial charge in [-0.25, -0.2) is 4.79 Å². The summed E-state index contributed by atoms with van der Waals surface area (Å²) >= 11 is 0. The van der Waals surface area contributed by atoms with E-state index < -0.39 is 17.6 Å². The van der Waals surface area contributed by atoms with Gasteiger partial charge in [-0.05, 0) is 53.4 Å². The van der Waals surface area contributed by atoms with Gasteiger partial charge in [0.15, 0.2) is 0 Å². The summed E-state index contributed by atoms with van der Waals surface area (Å²) in [6, 6.07) is 16.4. The average molecular weight is 377 g/mol. The zero-order valence-electron chi connectivity index (χ0n) is 15.6. The second-order valence-corrected chi connectivity index (χ2v) is 8.32. The van der Waals surface area contributed by atoms with Crippen molar-refractivity contribution in [3.05, 3.63) is 59.7 Å². The van der Waals surface area contributed by atoms with Crippen LogP contribution in [0.3, 0.4) is 0 Å². The van der Waals surface area contributed by atoms with Crippen LogP contribution in [-0.2, 0) is 9.53 Å². The number of fused-ring (bicyclic) bond motifs is 4. The first-order valence-corrected chi connectivity index (χ1v) is 9.92. The van der Waals surface area contributed by atoms with Crippen LogP contribution in [-0.4, -0.2) is 29.3 Å². The normalized spacial score (nSPS) is 26.9. The number of amides is 1. The quantitative estimate of drug-likeness (QED) is 0.820. The Morgan fingerprint density at radius 2 is 1.71 bits per heavy atom. The van der Waals surface area contributed by atoms with Gasteiger partial charge in [-0.1, -0.05) is 48.5 Å². The largest absolute Gasteiger partial charge is 0.481 e. The van der Waals surface area contributed by atoms with Crippen LogP contribution in [0.2, 0.25) is 0 Å². The first kappa shape index (κ1) is 17.3. The highest BCUT2D eigenvalue weighted by Gasteiger charge is 2.59. The number of nitrogens with one attached hydrogen (secondary N) is 1. The molecule has 5 rings (SSSR count). The molecule has 5 heteroatoms.